The summed E-state index contributed by atoms with van der Waals surface area (Å²) in [6.45, 7) is 2.75. The molecule has 1 aliphatic heterocycles. The van der Waals surface area contributed by atoms with E-state index in [1.54, 1.807) is 6.92 Å². The fourth-order valence-electron chi connectivity index (χ4n) is 2.01. The number of aromatic nitrogens is 1. The van der Waals surface area contributed by atoms with E-state index in [0.717, 1.165) is 18.3 Å². The Kier molecular flexibility index (Phi) is 4.43. The van der Waals surface area contributed by atoms with Crippen molar-refractivity contribution in [2.24, 2.45) is 5.92 Å². The molecule has 0 atom stereocenters. The van der Waals surface area contributed by atoms with Gasteiger partial charge in [-0.05, 0) is 19.1 Å². The third-order valence-corrected chi connectivity index (χ3v) is 5.16. The summed E-state index contributed by atoms with van der Waals surface area (Å²) >= 11 is 0. The Morgan fingerprint density at radius 3 is 2.67 bits per heavy atom. The van der Waals surface area contributed by atoms with Crippen molar-refractivity contribution in [1.82, 2.24) is 9.29 Å². The van der Waals surface area contributed by atoms with Crippen molar-refractivity contribution >= 4 is 15.8 Å². The predicted molar refractivity (Wildman–Crippen MR) is 72.3 cm³/mol. The van der Waals surface area contributed by atoms with Gasteiger partial charge in [0.2, 0.25) is 10.0 Å². The summed E-state index contributed by atoms with van der Waals surface area (Å²) in [5.74, 6) is 0.284. The van der Waals surface area contributed by atoms with Crippen LogP contribution in [0.25, 0.3) is 0 Å². The maximum Gasteiger partial charge on any atom is 0.416 e. The predicted octanol–water partition coefficient (Wildman–Crippen LogP) is 1.79. The van der Waals surface area contributed by atoms with Gasteiger partial charge in [-0.15, -0.1) is 0 Å². The monoisotopic (exact) mass is 323 g/mol. The molecule has 1 fully saturated rings. The van der Waals surface area contributed by atoms with Crippen molar-refractivity contribution in [2.45, 2.75) is 13.1 Å². The number of nitrogens with one attached hydrogen (secondary N) is 1. The number of halogens is 3. The van der Waals surface area contributed by atoms with Crippen molar-refractivity contribution in [2.75, 3.05) is 30.7 Å². The molecule has 1 saturated heterocycles. The van der Waals surface area contributed by atoms with Crippen molar-refractivity contribution < 1.29 is 21.6 Å². The zero-order valence-corrected chi connectivity index (χ0v) is 12.2. The highest BCUT2D eigenvalue weighted by molar-refractivity contribution is 7.89. The van der Waals surface area contributed by atoms with Crippen molar-refractivity contribution in [3.8, 4) is 0 Å². The summed E-state index contributed by atoms with van der Waals surface area (Å²) in [6.07, 6.45) is -3.30. The minimum atomic E-state index is -4.40. The number of nitrogens with zero attached hydrogens (tertiary/aromatic N) is 2. The molecule has 9 heteroatoms. The van der Waals surface area contributed by atoms with E-state index in [9.17, 15) is 21.6 Å². The molecule has 5 nitrogen and oxygen atoms in total. The van der Waals surface area contributed by atoms with E-state index in [1.165, 1.54) is 4.31 Å². The molecule has 118 valence electrons. The second kappa shape index (κ2) is 5.80. The van der Waals surface area contributed by atoms with Gasteiger partial charge in [0.15, 0.2) is 0 Å². The van der Waals surface area contributed by atoms with Crippen LogP contribution in [0.3, 0.4) is 0 Å². The zero-order valence-electron chi connectivity index (χ0n) is 11.4. The van der Waals surface area contributed by atoms with E-state index in [4.69, 9.17) is 0 Å². The van der Waals surface area contributed by atoms with E-state index in [2.05, 4.69) is 10.3 Å². The molecule has 21 heavy (non-hydrogen) atoms. The molecule has 1 aromatic rings. The largest absolute Gasteiger partial charge is 0.416 e. The van der Waals surface area contributed by atoms with Crippen LogP contribution in [-0.4, -0.2) is 43.1 Å². The van der Waals surface area contributed by atoms with E-state index in [0.29, 0.717) is 19.6 Å². The highest BCUT2D eigenvalue weighted by atomic mass is 32.2. The number of alkyl halides is 3. The summed E-state index contributed by atoms with van der Waals surface area (Å²) in [4.78, 5) is 3.82. The third kappa shape index (κ3) is 3.85. The standard InChI is InChI=1S/C12H16F3N3O2S/c1-2-21(19,20)18-7-9(8-18)6-17-11-5-10(3-4-16-11)12(13,14)15/h3-5,9H,2,6-8H2,1H3,(H,16,17). The second-order valence-corrected chi connectivity index (χ2v) is 7.15. The first kappa shape index (κ1) is 16.0. The lowest BCUT2D eigenvalue weighted by atomic mass is 10.0. The van der Waals surface area contributed by atoms with Crippen molar-refractivity contribution in [1.29, 1.82) is 0 Å². The normalized spacial score (nSPS) is 17.5. The average molecular weight is 323 g/mol. The summed E-state index contributed by atoms with van der Waals surface area (Å²) in [5, 5.41) is 2.82. The fourth-order valence-corrected chi connectivity index (χ4v) is 3.25. The topological polar surface area (TPSA) is 62.3 Å². The van der Waals surface area contributed by atoms with Gasteiger partial charge in [0.1, 0.15) is 5.82 Å². The molecule has 0 aliphatic carbocycles. The molecule has 0 saturated carbocycles. The first-order valence-electron chi connectivity index (χ1n) is 6.47. The van der Waals surface area contributed by atoms with Crippen LogP contribution in [0.15, 0.2) is 18.3 Å². The van der Waals surface area contributed by atoms with Gasteiger partial charge in [0, 0.05) is 31.7 Å². The summed E-state index contributed by atoms with van der Waals surface area (Å²) < 4.78 is 62.0. The molecule has 1 aliphatic rings. The third-order valence-electron chi connectivity index (χ3n) is 3.34. The smallest absolute Gasteiger partial charge is 0.370 e. The maximum atomic E-state index is 12.5. The molecule has 1 aromatic heterocycles. The van der Waals surface area contributed by atoms with Crippen LogP contribution in [0.5, 0.6) is 0 Å². The van der Waals surface area contributed by atoms with Gasteiger partial charge in [0.25, 0.3) is 0 Å². The fraction of sp³-hybridized carbons (Fsp3) is 0.583. The minimum absolute atomic E-state index is 0.0579. The quantitative estimate of drug-likeness (QED) is 0.897. The Labute approximate surface area is 121 Å². The SMILES string of the molecule is CCS(=O)(=O)N1CC(CNc2cc(C(F)(F)F)ccn2)C1. The molecule has 0 unspecified atom stereocenters. The first-order chi connectivity index (χ1) is 9.72. The highest BCUT2D eigenvalue weighted by Crippen LogP contribution is 2.30. The van der Waals surface area contributed by atoms with E-state index in [1.807, 2.05) is 0 Å². The maximum absolute atomic E-state index is 12.5. The van der Waals surface area contributed by atoms with E-state index < -0.39 is 21.8 Å². The van der Waals surface area contributed by atoms with Crippen LogP contribution >= 0.6 is 0 Å². The lowest BCUT2D eigenvalue weighted by Gasteiger charge is -2.38. The van der Waals surface area contributed by atoms with Gasteiger partial charge in [-0.1, -0.05) is 0 Å². The number of rotatable bonds is 5. The molecule has 0 aromatic carbocycles. The van der Waals surface area contributed by atoms with Crippen molar-refractivity contribution in [3.05, 3.63) is 23.9 Å². The van der Waals surface area contributed by atoms with Gasteiger partial charge in [-0.25, -0.2) is 17.7 Å². The molecular formula is C12H16F3N3O2S. The zero-order chi connectivity index (χ0) is 15.7. The molecule has 0 radical (unpaired) electrons. The van der Waals surface area contributed by atoms with Crippen LogP contribution in [-0.2, 0) is 16.2 Å². The number of hydrogen-bond acceptors (Lipinski definition) is 4. The van der Waals surface area contributed by atoms with Crippen LogP contribution in [0.4, 0.5) is 19.0 Å². The molecule has 2 heterocycles. The Balaban J connectivity index is 1.86. The summed E-state index contributed by atoms with van der Waals surface area (Å²) in [6, 6.07) is 1.85. The van der Waals surface area contributed by atoms with Gasteiger partial charge < -0.3 is 5.32 Å². The Morgan fingerprint density at radius 1 is 1.43 bits per heavy atom. The molecule has 0 spiro atoms. The van der Waals surface area contributed by atoms with Crippen LogP contribution in [0.1, 0.15) is 12.5 Å². The Bertz CT molecular complexity index is 598. The van der Waals surface area contributed by atoms with Gasteiger partial charge in [-0.2, -0.15) is 13.2 Å². The number of hydrogen-bond donors (Lipinski definition) is 1. The lowest BCUT2D eigenvalue weighted by molar-refractivity contribution is -0.137. The minimum Gasteiger partial charge on any atom is -0.370 e. The molecule has 2 rings (SSSR count). The highest BCUT2D eigenvalue weighted by Gasteiger charge is 2.34. The van der Waals surface area contributed by atoms with E-state index in [-0.39, 0.29) is 17.5 Å². The van der Waals surface area contributed by atoms with Gasteiger partial charge in [-0.3, -0.25) is 0 Å². The summed E-state index contributed by atoms with van der Waals surface area (Å²) in [5.41, 5.74) is -0.760. The number of anilines is 1. The number of sulfonamides is 1. The first-order valence-corrected chi connectivity index (χ1v) is 8.08. The average Bonchev–Trinajstić information content (AvgIpc) is 2.36. The summed E-state index contributed by atoms with van der Waals surface area (Å²) in [7, 11) is -3.16. The second-order valence-electron chi connectivity index (χ2n) is 4.89. The van der Waals surface area contributed by atoms with Crippen LogP contribution in [0, 0.1) is 5.92 Å². The van der Waals surface area contributed by atoms with Crippen molar-refractivity contribution in [3.63, 3.8) is 0 Å². The molecular weight excluding hydrogens is 307 g/mol. The van der Waals surface area contributed by atoms with Crippen LogP contribution < -0.4 is 5.32 Å². The molecule has 0 amide bonds. The molecule has 0 bridgehead atoms. The lowest BCUT2D eigenvalue weighted by Crippen LogP contribution is -2.52. The Morgan fingerprint density at radius 2 is 2.10 bits per heavy atom. The number of pyridine rings is 1. The van der Waals surface area contributed by atoms with E-state index >= 15 is 0 Å². The molecule has 1 N–H and O–H groups in total. The van der Waals surface area contributed by atoms with Gasteiger partial charge in [0.05, 0.1) is 11.3 Å². The Hall–Kier alpha value is -1.35. The van der Waals surface area contributed by atoms with Gasteiger partial charge >= 0.3 is 6.18 Å². The van der Waals surface area contributed by atoms with Crippen LogP contribution in [0.2, 0.25) is 0 Å².